The second-order valence-corrected chi connectivity index (χ2v) is 2.51. The number of nitrogens with two attached hydrogens (primary N) is 1. The molecule has 0 aromatic carbocycles. The van der Waals surface area contributed by atoms with Crippen LogP contribution in [-0.4, -0.2) is 24.1 Å². The van der Waals surface area contributed by atoms with Crippen LogP contribution >= 0.6 is 0 Å². The first-order valence-electron chi connectivity index (χ1n) is 3.96. The van der Waals surface area contributed by atoms with Crippen LogP contribution in [0, 0.1) is 0 Å². The Bertz CT molecular complexity index is 390. The van der Waals surface area contributed by atoms with Gasteiger partial charge in [-0.2, -0.15) is 0 Å². The van der Waals surface area contributed by atoms with Crippen LogP contribution in [0.5, 0.6) is 5.75 Å². The third kappa shape index (κ3) is 3.39. The fraction of sp³-hybridized carbons (Fsp3) is 0.250. The molecule has 0 saturated heterocycles. The summed E-state index contributed by atoms with van der Waals surface area (Å²) in [5.74, 6) is -1.75. The summed E-state index contributed by atoms with van der Waals surface area (Å²) >= 11 is 0. The van der Waals surface area contributed by atoms with E-state index >= 15 is 0 Å². The summed E-state index contributed by atoms with van der Waals surface area (Å²) in [6, 6.07) is 1.02. The zero-order valence-corrected chi connectivity index (χ0v) is 8.78. The first-order valence-corrected chi connectivity index (χ1v) is 3.96. The number of rotatable bonds is 3. The van der Waals surface area contributed by atoms with Gasteiger partial charge in [0, 0.05) is 36.2 Å². The Morgan fingerprint density at radius 2 is 2.27 bits per heavy atom. The van der Waals surface area contributed by atoms with Gasteiger partial charge >= 0.3 is 0 Å². The first kappa shape index (κ1) is 13.7. The predicted molar refractivity (Wildman–Crippen MR) is 48.0 cm³/mol. The van der Waals surface area contributed by atoms with E-state index in [2.05, 4.69) is 5.32 Å². The van der Waals surface area contributed by atoms with E-state index in [0.717, 1.165) is 12.3 Å². The number of carbonyl (C=O) groups is 1. The van der Waals surface area contributed by atoms with E-state index in [1.807, 2.05) is 0 Å². The van der Waals surface area contributed by atoms with Crippen molar-refractivity contribution in [3.05, 3.63) is 28.3 Å². The molecule has 1 aromatic rings. The van der Waals surface area contributed by atoms with Crippen LogP contribution in [0.4, 0.5) is 0 Å². The van der Waals surface area contributed by atoms with E-state index < -0.39 is 22.8 Å². The molecule has 1 aromatic heterocycles. The molecule has 1 heterocycles. The minimum Gasteiger partial charge on any atom is -0.501 e. The van der Waals surface area contributed by atoms with E-state index in [9.17, 15) is 9.59 Å². The number of nitrogens with one attached hydrogen (secondary N) is 1. The Balaban J connectivity index is 0.00000196. The average Bonchev–Trinajstić information content (AvgIpc) is 2.18. The number of hydrogen-bond acceptors (Lipinski definition) is 5. The number of carbonyl (C=O) groups excluding carboxylic acids is 1. The maximum absolute atomic E-state index is 11.2. The first-order chi connectivity index (χ1) is 6.66. The van der Waals surface area contributed by atoms with Crippen LogP contribution in [0.1, 0.15) is 10.6 Å². The Labute approximate surface area is 95.9 Å². The van der Waals surface area contributed by atoms with Crippen molar-refractivity contribution in [2.45, 2.75) is 0 Å². The minimum absolute atomic E-state index is 0. The van der Waals surface area contributed by atoms with Gasteiger partial charge in [-0.25, -0.2) is 0 Å². The van der Waals surface area contributed by atoms with Crippen molar-refractivity contribution in [1.82, 2.24) is 5.32 Å². The Hall–Kier alpha value is -1.30. The molecule has 0 aliphatic rings. The zero-order valence-electron chi connectivity index (χ0n) is 7.67. The molecule has 0 saturated carbocycles. The molecule has 4 N–H and O–H groups in total. The van der Waals surface area contributed by atoms with Crippen LogP contribution in [-0.2, 0) is 17.1 Å². The molecule has 0 fully saturated rings. The largest absolute Gasteiger partial charge is 0.501 e. The Kier molecular flexibility index (Phi) is 5.69. The molecule has 7 heteroatoms. The number of hydrogen-bond donors (Lipinski definition) is 3. The molecule has 0 bridgehead atoms. The fourth-order valence-corrected chi connectivity index (χ4v) is 0.838. The quantitative estimate of drug-likeness (QED) is 0.602. The summed E-state index contributed by atoms with van der Waals surface area (Å²) < 4.78 is 4.69. The van der Waals surface area contributed by atoms with Gasteiger partial charge in [-0.05, 0) is 0 Å². The van der Waals surface area contributed by atoms with Crippen molar-refractivity contribution in [2.75, 3.05) is 13.1 Å². The van der Waals surface area contributed by atoms with E-state index in [-0.39, 0.29) is 30.2 Å². The van der Waals surface area contributed by atoms with Gasteiger partial charge in [-0.15, -0.1) is 0 Å². The standard InChI is InChI=1S/C8H10N2O4.Fe/c9-2-3-10-8(13)7-6(12)5(11)1-4-14-7;/h1,4,12H,2-3,9H2,(H,10,13);. The zero-order chi connectivity index (χ0) is 10.6. The molecule has 6 nitrogen and oxygen atoms in total. The topological polar surface area (TPSA) is 106 Å². The van der Waals surface area contributed by atoms with Gasteiger partial charge < -0.3 is 20.6 Å². The maximum Gasteiger partial charge on any atom is 0.291 e. The van der Waals surface area contributed by atoms with Crippen LogP contribution in [0.25, 0.3) is 0 Å². The Morgan fingerprint density at radius 1 is 1.60 bits per heavy atom. The van der Waals surface area contributed by atoms with Crippen molar-refractivity contribution in [3.63, 3.8) is 0 Å². The molecular formula is C8H10FeN2O4. The van der Waals surface area contributed by atoms with Crippen LogP contribution in [0.3, 0.4) is 0 Å². The summed E-state index contributed by atoms with van der Waals surface area (Å²) in [6.45, 7) is 0.514. The fourth-order valence-electron chi connectivity index (χ4n) is 0.838. The van der Waals surface area contributed by atoms with Gasteiger partial charge in [0.1, 0.15) is 0 Å². The van der Waals surface area contributed by atoms with Crippen molar-refractivity contribution < 1.29 is 31.4 Å². The van der Waals surface area contributed by atoms with E-state index in [0.29, 0.717) is 0 Å². The van der Waals surface area contributed by atoms with E-state index in [4.69, 9.17) is 15.3 Å². The number of aromatic hydroxyl groups is 1. The van der Waals surface area contributed by atoms with Gasteiger partial charge in [0.25, 0.3) is 5.91 Å². The van der Waals surface area contributed by atoms with Crippen molar-refractivity contribution in [3.8, 4) is 5.75 Å². The average molecular weight is 254 g/mol. The van der Waals surface area contributed by atoms with Gasteiger partial charge in [-0.3, -0.25) is 9.59 Å². The summed E-state index contributed by atoms with van der Waals surface area (Å²) in [5.41, 5.74) is 4.50. The van der Waals surface area contributed by atoms with Gasteiger partial charge in [0.05, 0.1) is 6.26 Å². The van der Waals surface area contributed by atoms with Gasteiger partial charge in [0.2, 0.25) is 16.9 Å². The summed E-state index contributed by atoms with van der Waals surface area (Å²) in [6.07, 6.45) is 1.04. The van der Waals surface area contributed by atoms with E-state index in [1.165, 1.54) is 0 Å². The van der Waals surface area contributed by atoms with Crippen LogP contribution < -0.4 is 16.5 Å². The smallest absolute Gasteiger partial charge is 0.291 e. The molecule has 0 atom stereocenters. The molecule has 0 aliphatic heterocycles. The predicted octanol–water partition coefficient (Wildman–Crippen LogP) is -0.969. The van der Waals surface area contributed by atoms with E-state index in [1.54, 1.807) is 0 Å². The Morgan fingerprint density at radius 3 is 2.87 bits per heavy atom. The third-order valence-corrected chi connectivity index (χ3v) is 1.49. The van der Waals surface area contributed by atoms with Gasteiger partial charge in [-0.1, -0.05) is 0 Å². The molecule has 1 rings (SSSR count). The molecular weight excluding hydrogens is 244 g/mol. The monoisotopic (exact) mass is 254 g/mol. The molecule has 0 unspecified atom stereocenters. The van der Waals surface area contributed by atoms with Crippen molar-refractivity contribution in [1.29, 1.82) is 0 Å². The molecule has 0 spiro atoms. The number of amides is 1. The minimum atomic E-state index is -0.693. The third-order valence-electron chi connectivity index (χ3n) is 1.49. The molecule has 1 amide bonds. The molecule has 15 heavy (non-hydrogen) atoms. The normalized spacial score (nSPS) is 9.13. The SMILES string of the molecule is NCCNC(=O)c1occc(=O)c1O.[Fe]. The molecule has 0 aliphatic carbocycles. The van der Waals surface area contributed by atoms with Gasteiger partial charge in [0.15, 0.2) is 0 Å². The summed E-state index contributed by atoms with van der Waals surface area (Å²) in [5, 5.41) is 11.5. The summed E-state index contributed by atoms with van der Waals surface area (Å²) in [4.78, 5) is 22.1. The van der Waals surface area contributed by atoms with Crippen molar-refractivity contribution >= 4 is 5.91 Å². The maximum atomic E-state index is 11.2. The summed E-state index contributed by atoms with van der Waals surface area (Å²) in [7, 11) is 0. The second-order valence-electron chi connectivity index (χ2n) is 2.51. The molecule has 84 valence electrons. The van der Waals surface area contributed by atoms with Crippen LogP contribution in [0.2, 0.25) is 0 Å². The van der Waals surface area contributed by atoms with Crippen molar-refractivity contribution in [2.24, 2.45) is 5.73 Å². The second kappa shape index (κ2) is 6.23. The molecule has 0 radical (unpaired) electrons. The van der Waals surface area contributed by atoms with Crippen LogP contribution in [0.15, 0.2) is 21.5 Å².